The summed E-state index contributed by atoms with van der Waals surface area (Å²) in [5.41, 5.74) is 2.20. The molecule has 2 aromatic carbocycles. The largest absolute Gasteiger partial charge is 0.325 e. The molecule has 0 fully saturated rings. The molecule has 0 aliphatic carbocycles. The zero-order chi connectivity index (χ0) is 18.4. The Bertz CT molecular complexity index is 816. The molecule has 25 heavy (non-hydrogen) atoms. The van der Waals surface area contributed by atoms with Gasteiger partial charge in [-0.25, -0.2) is 17.5 Å². The van der Waals surface area contributed by atoms with E-state index in [1.807, 2.05) is 12.1 Å². The summed E-state index contributed by atoms with van der Waals surface area (Å²) < 4.78 is 39.0. The van der Waals surface area contributed by atoms with E-state index in [0.717, 1.165) is 5.56 Å². The first-order valence-corrected chi connectivity index (χ1v) is 9.52. The van der Waals surface area contributed by atoms with Gasteiger partial charge in [-0.3, -0.25) is 4.79 Å². The van der Waals surface area contributed by atoms with Crippen LogP contribution in [-0.2, 0) is 20.6 Å². The Hall–Kier alpha value is -2.25. The minimum atomic E-state index is -3.69. The van der Waals surface area contributed by atoms with Crippen molar-refractivity contribution in [2.75, 3.05) is 11.9 Å². The van der Waals surface area contributed by atoms with Gasteiger partial charge in [-0.15, -0.1) is 0 Å². The molecule has 2 aromatic rings. The standard InChI is InChI=1S/C18H21FN2O3S/c1-13(2)15-5-9-17(10-6-15)21-18(22)11-20-25(23,24)12-14-3-7-16(19)8-4-14/h3-10,13,20H,11-12H2,1-2H3,(H,21,22). The second kappa shape index (κ2) is 8.22. The van der Waals surface area contributed by atoms with E-state index in [2.05, 4.69) is 23.9 Å². The van der Waals surface area contributed by atoms with Gasteiger partial charge in [-0.05, 0) is 41.3 Å². The first-order chi connectivity index (χ1) is 11.7. The van der Waals surface area contributed by atoms with Gasteiger partial charge in [0.05, 0.1) is 12.3 Å². The number of carbonyl (C=O) groups is 1. The lowest BCUT2D eigenvalue weighted by atomic mass is 10.0. The van der Waals surface area contributed by atoms with Crippen LogP contribution in [0.15, 0.2) is 48.5 Å². The number of benzene rings is 2. The third kappa shape index (κ3) is 6.28. The Kier molecular flexibility index (Phi) is 6.27. The smallest absolute Gasteiger partial charge is 0.239 e. The van der Waals surface area contributed by atoms with Crippen LogP contribution in [0.4, 0.5) is 10.1 Å². The molecule has 2 rings (SSSR count). The molecule has 0 radical (unpaired) electrons. The van der Waals surface area contributed by atoms with E-state index in [9.17, 15) is 17.6 Å². The molecule has 2 N–H and O–H groups in total. The average Bonchev–Trinajstić information content (AvgIpc) is 2.56. The molecule has 0 spiro atoms. The van der Waals surface area contributed by atoms with Crippen molar-refractivity contribution in [3.63, 3.8) is 0 Å². The maximum atomic E-state index is 12.8. The van der Waals surface area contributed by atoms with Gasteiger partial charge < -0.3 is 5.32 Å². The molecule has 0 atom stereocenters. The molecule has 0 heterocycles. The van der Waals surface area contributed by atoms with E-state index in [-0.39, 0.29) is 12.3 Å². The Balaban J connectivity index is 1.86. The predicted molar refractivity (Wildman–Crippen MR) is 96.2 cm³/mol. The zero-order valence-corrected chi connectivity index (χ0v) is 14.9. The number of amides is 1. The van der Waals surface area contributed by atoms with E-state index in [4.69, 9.17) is 0 Å². The molecule has 0 saturated carbocycles. The van der Waals surface area contributed by atoms with Crippen LogP contribution in [0.25, 0.3) is 0 Å². The maximum absolute atomic E-state index is 12.8. The Labute approximate surface area is 147 Å². The Morgan fingerprint density at radius 1 is 1.04 bits per heavy atom. The van der Waals surface area contributed by atoms with Gasteiger partial charge in [0, 0.05) is 5.69 Å². The third-order valence-electron chi connectivity index (χ3n) is 3.58. The Morgan fingerprint density at radius 3 is 2.20 bits per heavy atom. The predicted octanol–water partition coefficient (Wildman–Crippen LogP) is 3.01. The number of hydrogen-bond acceptors (Lipinski definition) is 3. The maximum Gasteiger partial charge on any atom is 0.239 e. The van der Waals surface area contributed by atoms with Gasteiger partial charge in [0.1, 0.15) is 5.82 Å². The molecular formula is C18H21FN2O3S. The van der Waals surface area contributed by atoms with Gasteiger partial charge in [-0.2, -0.15) is 0 Å². The highest BCUT2D eigenvalue weighted by molar-refractivity contribution is 7.88. The van der Waals surface area contributed by atoms with Gasteiger partial charge in [-0.1, -0.05) is 38.1 Å². The Morgan fingerprint density at radius 2 is 1.64 bits per heavy atom. The van der Waals surface area contributed by atoms with Crippen molar-refractivity contribution in [2.24, 2.45) is 0 Å². The molecule has 7 heteroatoms. The van der Waals surface area contributed by atoms with E-state index < -0.39 is 21.7 Å². The molecule has 1 amide bonds. The van der Waals surface area contributed by atoms with Crippen LogP contribution in [0.1, 0.15) is 30.9 Å². The minimum Gasteiger partial charge on any atom is -0.325 e. The molecule has 0 bridgehead atoms. The summed E-state index contributed by atoms with van der Waals surface area (Å²) in [7, 11) is -3.69. The van der Waals surface area contributed by atoms with Gasteiger partial charge in [0.25, 0.3) is 0 Å². The highest BCUT2D eigenvalue weighted by atomic mass is 32.2. The van der Waals surface area contributed by atoms with Crippen molar-refractivity contribution >= 4 is 21.6 Å². The number of nitrogens with one attached hydrogen (secondary N) is 2. The average molecular weight is 364 g/mol. The van der Waals surface area contributed by atoms with Crippen LogP contribution in [0.5, 0.6) is 0 Å². The van der Waals surface area contributed by atoms with Gasteiger partial charge in [0.15, 0.2) is 0 Å². The molecule has 0 aromatic heterocycles. The monoisotopic (exact) mass is 364 g/mol. The highest BCUT2D eigenvalue weighted by Crippen LogP contribution is 2.17. The molecular weight excluding hydrogens is 343 g/mol. The summed E-state index contributed by atoms with van der Waals surface area (Å²) >= 11 is 0. The van der Waals surface area contributed by atoms with E-state index in [0.29, 0.717) is 17.2 Å². The van der Waals surface area contributed by atoms with Crippen LogP contribution >= 0.6 is 0 Å². The van der Waals surface area contributed by atoms with Gasteiger partial charge in [0.2, 0.25) is 15.9 Å². The summed E-state index contributed by atoms with van der Waals surface area (Å²) in [4.78, 5) is 11.9. The van der Waals surface area contributed by atoms with Crippen molar-refractivity contribution < 1.29 is 17.6 Å². The molecule has 0 aliphatic rings. The van der Waals surface area contributed by atoms with Crippen molar-refractivity contribution in [3.8, 4) is 0 Å². The van der Waals surface area contributed by atoms with Crippen molar-refractivity contribution in [1.29, 1.82) is 0 Å². The quantitative estimate of drug-likeness (QED) is 0.793. The fourth-order valence-corrected chi connectivity index (χ4v) is 3.27. The lowest BCUT2D eigenvalue weighted by Crippen LogP contribution is -2.33. The summed E-state index contributed by atoms with van der Waals surface area (Å²) in [6.07, 6.45) is 0. The number of carbonyl (C=O) groups excluding carboxylic acids is 1. The normalized spacial score (nSPS) is 11.5. The lowest BCUT2D eigenvalue weighted by molar-refractivity contribution is -0.115. The number of halogens is 1. The summed E-state index contributed by atoms with van der Waals surface area (Å²) in [5.74, 6) is -0.816. The molecule has 5 nitrogen and oxygen atoms in total. The van der Waals surface area contributed by atoms with E-state index >= 15 is 0 Å². The number of rotatable bonds is 7. The second-order valence-electron chi connectivity index (χ2n) is 6.03. The van der Waals surface area contributed by atoms with Crippen LogP contribution in [0, 0.1) is 5.82 Å². The molecule has 0 aliphatic heterocycles. The summed E-state index contributed by atoms with van der Waals surface area (Å²) in [6, 6.07) is 12.6. The zero-order valence-electron chi connectivity index (χ0n) is 14.1. The van der Waals surface area contributed by atoms with Crippen LogP contribution < -0.4 is 10.0 Å². The fraction of sp³-hybridized carbons (Fsp3) is 0.278. The van der Waals surface area contributed by atoms with E-state index in [1.54, 1.807) is 12.1 Å². The second-order valence-corrected chi connectivity index (χ2v) is 7.84. The summed E-state index contributed by atoms with van der Waals surface area (Å²) in [5, 5.41) is 2.64. The van der Waals surface area contributed by atoms with Crippen LogP contribution in [0.3, 0.4) is 0 Å². The third-order valence-corrected chi connectivity index (χ3v) is 4.88. The topological polar surface area (TPSA) is 75.3 Å². The van der Waals surface area contributed by atoms with Gasteiger partial charge >= 0.3 is 0 Å². The fourth-order valence-electron chi connectivity index (χ4n) is 2.18. The molecule has 0 saturated heterocycles. The van der Waals surface area contributed by atoms with Crippen LogP contribution in [-0.4, -0.2) is 20.9 Å². The number of hydrogen-bond donors (Lipinski definition) is 2. The lowest BCUT2D eigenvalue weighted by Gasteiger charge is -2.10. The van der Waals surface area contributed by atoms with Crippen molar-refractivity contribution in [1.82, 2.24) is 4.72 Å². The number of sulfonamides is 1. The molecule has 0 unspecified atom stereocenters. The first-order valence-electron chi connectivity index (χ1n) is 7.87. The SMILES string of the molecule is CC(C)c1ccc(NC(=O)CNS(=O)(=O)Cc2ccc(F)cc2)cc1. The minimum absolute atomic E-state index is 0.316. The highest BCUT2D eigenvalue weighted by Gasteiger charge is 2.13. The summed E-state index contributed by atoms with van der Waals surface area (Å²) in [6.45, 7) is 3.78. The van der Waals surface area contributed by atoms with Crippen molar-refractivity contribution in [2.45, 2.75) is 25.5 Å². The first kappa shape index (κ1) is 19.1. The van der Waals surface area contributed by atoms with Crippen LogP contribution in [0.2, 0.25) is 0 Å². The van der Waals surface area contributed by atoms with Crippen molar-refractivity contribution in [3.05, 3.63) is 65.5 Å². The molecule has 134 valence electrons. The number of anilines is 1. The van der Waals surface area contributed by atoms with E-state index in [1.165, 1.54) is 24.3 Å².